The highest BCUT2D eigenvalue weighted by atomic mass is 79.9. The number of benzene rings is 1. The molecule has 0 fully saturated rings. The van der Waals surface area contributed by atoms with Gasteiger partial charge in [-0.2, -0.15) is 0 Å². The van der Waals surface area contributed by atoms with Crippen LogP contribution in [0.25, 0.3) is 0 Å². The van der Waals surface area contributed by atoms with E-state index in [4.69, 9.17) is 4.74 Å². The number of alkyl halides is 1. The monoisotopic (exact) mass is 313 g/mol. The van der Waals surface area contributed by atoms with E-state index >= 15 is 0 Å². The lowest BCUT2D eigenvalue weighted by molar-refractivity contribution is 0.0598. The summed E-state index contributed by atoms with van der Waals surface area (Å²) in [4.78, 5) is 14.3. The fraction of sp³-hybridized carbons (Fsp3) is 0.500. The molecule has 3 nitrogen and oxygen atoms in total. The van der Waals surface area contributed by atoms with Crippen molar-refractivity contribution < 1.29 is 9.53 Å². The zero-order valence-corrected chi connectivity index (χ0v) is 13.0. The van der Waals surface area contributed by atoms with Crippen LogP contribution in [0.15, 0.2) is 24.3 Å². The van der Waals surface area contributed by atoms with Crippen molar-refractivity contribution in [2.24, 2.45) is 0 Å². The van der Waals surface area contributed by atoms with Crippen molar-refractivity contribution >= 4 is 21.8 Å². The van der Waals surface area contributed by atoms with Crippen molar-refractivity contribution in [3.63, 3.8) is 0 Å². The predicted molar refractivity (Wildman–Crippen MR) is 77.3 cm³/mol. The lowest BCUT2D eigenvalue weighted by atomic mass is 10.0. The molecule has 0 heterocycles. The maximum atomic E-state index is 12.4. The summed E-state index contributed by atoms with van der Waals surface area (Å²) < 4.78 is 5.34. The highest BCUT2D eigenvalue weighted by Crippen LogP contribution is 2.20. The van der Waals surface area contributed by atoms with Crippen molar-refractivity contribution in [3.05, 3.63) is 29.8 Å². The summed E-state index contributed by atoms with van der Waals surface area (Å²) >= 11 is 3.20. The molecule has 0 aliphatic heterocycles. The fourth-order valence-corrected chi connectivity index (χ4v) is 2.12. The predicted octanol–water partition coefficient (Wildman–Crippen LogP) is 3.68. The topological polar surface area (TPSA) is 29.5 Å². The minimum atomic E-state index is -0.182. The van der Waals surface area contributed by atoms with Crippen LogP contribution in [0.2, 0.25) is 0 Å². The van der Waals surface area contributed by atoms with Gasteiger partial charge in [0.1, 0.15) is 11.3 Å². The van der Waals surface area contributed by atoms with Crippen LogP contribution in [0.4, 0.5) is 0 Å². The smallest absolute Gasteiger partial charge is 0.254 e. The Kier molecular flexibility index (Phi) is 5.20. The van der Waals surface area contributed by atoms with E-state index in [1.54, 1.807) is 6.07 Å². The molecule has 0 bridgehead atoms. The summed E-state index contributed by atoms with van der Waals surface area (Å²) in [7, 11) is 0. The van der Waals surface area contributed by atoms with Crippen LogP contribution in [0.5, 0.6) is 5.75 Å². The second-order valence-electron chi connectivity index (χ2n) is 5.00. The number of ether oxygens (including phenoxy) is 1. The third-order valence-electron chi connectivity index (χ3n) is 2.67. The van der Waals surface area contributed by atoms with Gasteiger partial charge in [0.15, 0.2) is 0 Å². The molecule has 0 N–H and O–H groups in total. The Morgan fingerprint density at radius 1 is 1.39 bits per heavy atom. The molecule has 4 heteroatoms. The quantitative estimate of drug-likeness (QED) is 0.794. The molecule has 0 aliphatic carbocycles. The second-order valence-corrected chi connectivity index (χ2v) is 5.46. The van der Waals surface area contributed by atoms with E-state index in [2.05, 4.69) is 15.9 Å². The Bertz CT molecular complexity index is 413. The molecule has 0 saturated heterocycles. The van der Waals surface area contributed by atoms with Gasteiger partial charge < -0.3 is 9.64 Å². The van der Waals surface area contributed by atoms with Crippen LogP contribution >= 0.6 is 15.9 Å². The summed E-state index contributed by atoms with van der Waals surface area (Å²) in [6.07, 6.45) is 0. The molecule has 1 aromatic carbocycles. The van der Waals surface area contributed by atoms with Crippen molar-refractivity contribution in [3.8, 4) is 5.75 Å². The number of rotatable bonds is 4. The summed E-state index contributed by atoms with van der Waals surface area (Å²) in [6.45, 7) is 8.78. The van der Waals surface area contributed by atoms with Gasteiger partial charge in [0, 0.05) is 17.6 Å². The first kappa shape index (κ1) is 15.0. The molecule has 1 amide bonds. The van der Waals surface area contributed by atoms with Gasteiger partial charge in [-0.15, -0.1) is 0 Å². The lowest BCUT2D eigenvalue weighted by Gasteiger charge is -2.35. The average molecular weight is 314 g/mol. The molecule has 100 valence electrons. The Hall–Kier alpha value is -1.03. The van der Waals surface area contributed by atoms with Crippen molar-refractivity contribution in [1.82, 2.24) is 4.90 Å². The maximum absolute atomic E-state index is 12.4. The van der Waals surface area contributed by atoms with Gasteiger partial charge in [-0.25, -0.2) is 0 Å². The third kappa shape index (κ3) is 3.73. The highest BCUT2D eigenvalue weighted by Gasteiger charge is 2.25. The van der Waals surface area contributed by atoms with Crippen LogP contribution in [0, 0.1) is 0 Å². The van der Waals surface area contributed by atoms with Gasteiger partial charge in [0.2, 0.25) is 0 Å². The lowest BCUT2D eigenvalue weighted by Crippen LogP contribution is -2.45. The number of hydrogen-bond acceptors (Lipinski definition) is 2. The van der Waals surface area contributed by atoms with Gasteiger partial charge in [0.25, 0.3) is 5.91 Å². The number of amides is 1. The number of nitrogens with zero attached hydrogens (tertiary/aromatic N) is 1. The summed E-state index contributed by atoms with van der Waals surface area (Å²) in [6, 6.07) is 7.27. The van der Waals surface area contributed by atoms with Crippen molar-refractivity contribution in [2.75, 3.05) is 12.1 Å². The Morgan fingerprint density at radius 3 is 2.56 bits per heavy atom. The highest BCUT2D eigenvalue weighted by molar-refractivity contribution is 9.09. The first-order chi connectivity index (χ1) is 8.40. The fourth-order valence-electron chi connectivity index (χ4n) is 1.86. The first-order valence-corrected chi connectivity index (χ1v) is 7.13. The van der Waals surface area contributed by atoms with Gasteiger partial charge in [-0.1, -0.05) is 6.07 Å². The van der Waals surface area contributed by atoms with Gasteiger partial charge >= 0.3 is 0 Å². The van der Waals surface area contributed by atoms with Crippen LogP contribution in [0.3, 0.4) is 0 Å². The van der Waals surface area contributed by atoms with Crippen LogP contribution in [-0.4, -0.2) is 28.4 Å². The van der Waals surface area contributed by atoms with Gasteiger partial charge in [-0.05, 0) is 61.8 Å². The zero-order valence-electron chi connectivity index (χ0n) is 11.4. The van der Waals surface area contributed by atoms with E-state index in [0.29, 0.717) is 23.4 Å². The van der Waals surface area contributed by atoms with E-state index in [9.17, 15) is 4.79 Å². The molecule has 18 heavy (non-hydrogen) atoms. The number of hydrogen-bond donors (Lipinski definition) is 0. The summed E-state index contributed by atoms with van der Waals surface area (Å²) in [5.41, 5.74) is 0.893. The number of carbonyl (C=O) groups is 1. The van der Waals surface area contributed by atoms with Gasteiger partial charge in [0.05, 0.1) is 0 Å². The molecule has 0 spiro atoms. The molecule has 1 aromatic rings. The molecule has 0 aliphatic rings. The summed E-state index contributed by atoms with van der Waals surface area (Å²) in [5, 5.41) is 0. The summed E-state index contributed by atoms with van der Waals surface area (Å²) in [5.74, 6) is 0.729. The molecule has 0 saturated carbocycles. The van der Waals surface area contributed by atoms with E-state index in [1.165, 1.54) is 0 Å². The molecule has 0 aromatic heterocycles. The standard InChI is InChI=1S/C14H20BrNO2/c1-5-16(14(2,3)4)13(17)11-7-6-8-12(9-11)18-10-15/h6-9H,5,10H2,1-4H3. The molecule has 0 unspecified atom stereocenters. The van der Waals surface area contributed by atoms with Crippen LogP contribution in [0.1, 0.15) is 38.1 Å². The first-order valence-electron chi connectivity index (χ1n) is 6.01. The minimum Gasteiger partial charge on any atom is -0.482 e. The van der Waals surface area contributed by atoms with E-state index < -0.39 is 0 Å². The van der Waals surface area contributed by atoms with Crippen molar-refractivity contribution in [2.45, 2.75) is 33.2 Å². The molecule has 1 rings (SSSR count). The Balaban J connectivity index is 2.98. The number of halogens is 1. The van der Waals surface area contributed by atoms with Crippen molar-refractivity contribution in [1.29, 1.82) is 0 Å². The number of carbonyl (C=O) groups excluding carboxylic acids is 1. The van der Waals surface area contributed by atoms with Crippen LogP contribution < -0.4 is 4.74 Å². The molecule has 0 atom stereocenters. The van der Waals surface area contributed by atoms with E-state index in [0.717, 1.165) is 0 Å². The average Bonchev–Trinajstić information content (AvgIpc) is 2.28. The van der Waals surface area contributed by atoms with Gasteiger partial charge in [-0.3, -0.25) is 4.79 Å². The largest absolute Gasteiger partial charge is 0.482 e. The SMILES string of the molecule is CCN(C(=O)c1cccc(OCBr)c1)C(C)(C)C. The second kappa shape index (κ2) is 6.23. The third-order valence-corrected chi connectivity index (χ3v) is 2.90. The Morgan fingerprint density at radius 2 is 2.06 bits per heavy atom. The van der Waals surface area contributed by atoms with E-state index in [-0.39, 0.29) is 11.4 Å². The molecule has 0 radical (unpaired) electrons. The zero-order chi connectivity index (χ0) is 13.8. The Labute approximate surface area is 117 Å². The maximum Gasteiger partial charge on any atom is 0.254 e. The minimum absolute atomic E-state index is 0.0324. The molecular formula is C14H20BrNO2. The van der Waals surface area contributed by atoms with E-state index in [1.807, 2.05) is 50.8 Å². The normalized spacial score (nSPS) is 11.2. The van der Waals surface area contributed by atoms with Crippen LogP contribution in [-0.2, 0) is 0 Å². The molecular weight excluding hydrogens is 294 g/mol.